The third-order valence-electron chi connectivity index (χ3n) is 2.90. The zero-order valence-corrected chi connectivity index (χ0v) is 9.10. The van der Waals surface area contributed by atoms with Crippen molar-refractivity contribution in [2.24, 2.45) is 5.73 Å². The second-order valence-corrected chi connectivity index (χ2v) is 3.99. The number of hydrogen-bond donors (Lipinski definition) is 1. The van der Waals surface area contributed by atoms with Gasteiger partial charge in [0.1, 0.15) is 0 Å². The first-order valence-corrected chi connectivity index (χ1v) is 5.39. The number of primary amides is 1. The molecular weight excluding hydrogens is 210 g/mol. The molecule has 2 nitrogen and oxygen atoms in total. The van der Waals surface area contributed by atoms with E-state index in [1.54, 1.807) is 6.07 Å². The van der Waals surface area contributed by atoms with Crippen LogP contribution in [-0.4, -0.2) is 5.91 Å². The molecule has 3 aromatic rings. The smallest absolute Gasteiger partial charge is 0.249 e. The van der Waals surface area contributed by atoms with E-state index in [9.17, 15) is 4.79 Å². The summed E-state index contributed by atoms with van der Waals surface area (Å²) in [4.78, 5) is 11.4. The molecule has 3 rings (SSSR count). The highest BCUT2D eigenvalue weighted by molar-refractivity contribution is 6.09. The van der Waals surface area contributed by atoms with E-state index in [1.807, 2.05) is 42.5 Å². The number of nitrogens with two attached hydrogens (primary N) is 1. The van der Waals surface area contributed by atoms with Crippen LogP contribution in [0.5, 0.6) is 0 Å². The molecule has 0 aromatic heterocycles. The Balaban J connectivity index is 2.47. The topological polar surface area (TPSA) is 43.1 Å². The molecule has 0 saturated heterocycles. The first-order chi connectivity index (χ1) is 8.25. The van der Waals surface area contributed by atoms with E-state index in [4.69, 9.17) is 5.73 Å². The lowest BCUT2D eigenvalue weighted by atomic mass is 9.99. The summed E-state index contributed by atoms with van der Waals surface area (Å²) in [5.74, 6) is -0.403. The molecule has 17 heavy (non-hydrogen) atoms. The third kappa shape index (κ3) is 1.54. The van der Waals surface area contributed by atoms with Crippen LogP contribution in [0.4, 0.5) is 0 Å². The first kappa shape index (κ1) is 9.85. The van der Waals surface area contributed by atoms with Gasteiger partial charge >= 0.3 is 0 Å². The molecule has 3 aromatic carbocycles. The summed E-state index contributed by atoms with van der Waals surface area (Å²) >= 11 is 0. The molecule has 81 valence electrons. The zero-order chi connectivity index (χ0) is 11.8. The van der Waals surface area contributed by atoms with Gasteiger partial charge in [0.15, 0.2) is 0 Å². The van der Waals surface area contributed by atoms with Crippen LogP contribution in [0.2, 0.25) is 0 Å². The SMILES string of the molecule is NC(=O)c1cccc2[c]c3ccccc3cc12. The lowest BCUT2D eigenvalue weighted by Gasteiger charge is -2.05. The Bertz CT molecular complexity index is 731. The van der Waals surface area contributed by atoms with Crippen LogP contribution in [0.25, 0.3) is 21.5 Å². The number of hydrogen-bond acceptors (Lipinski definition) is 1. The van der Waals surface area contributed by atoms with Crippen LogP contribution < -0.4 is 5.73 Å². The summed E-state index contributed by atoms with van der Waals surface area (Å²) in [5.41, 5.74) is 5.92. The van der Waals surface area contributed by atoms with Crippen LogP contribution in [0.15, 0.2) is 48.5 Å². The third-order valence-corrected chi connectivity index (χ3v) is 2.90. The molecule has 0 bridgehead atoms. The molecule has 0 spiro atoms. The van der Waals surface area contributed by atoms with E-state index in [0.717, 1.165) is 21.5 Å². The molecule has 1 amide bonds. The Morgan fingerprint density at radius 1 is 1.00 bits per heavy atom. The average molecular weight is 220 g/mol. The van der Waals surface area contributed by atoms with Crippen molar-refractivity contribution in [1.29, 1.82) is 0 Å². The number of carbonyl (C=O) groups is 1. The summed E-state index contributed by atoms with van der Waals surface area (Å²) in [6.45, 7) is 0. The van der Waals surface area contributed by atoms with Crippen LogP contribution in [0, 0.1) is 6.07 Å². The van der Waals surface area contributed by atoms with Crippen molar-refractivity contribution < 1.29 is 4.79 Å². The quantitative estimate of drug-likeness (QED) is 0.629. The van der Waals surface area contributed by atoms with Crippen molar-refractivity contribution in [2.45, 2.75) is 0 Å². The second kappa shape index (κ2) is 3.59. The maximum Gasteiger partial charge on any atom is 0.249 e. The molecule has 0 unspecified atom stereocenters. The van der Waals surface area contributed by atoms with Gasteiger partial charge in [-0.1, -0.05) is 36.4 Å². The van der Waals surface area contributed by atoms with Gasteiger partial charge in [0.2, 0.25) is 5.91 Å². The summed E-state index contributed by atoms with van der Waals surface area (Å²) in [6, 6.07) is 18.7. The van der Waals surface area contributed by atoms with Gasteiger partial charge in [-0.15, -0.1) is 0 Å². The van der Waals surface area contributed by atoms with E-state index < -0.39 is 5.91 Å². The van der Waals surface area contributed by atoms with Gasteiger partial charge in [-0.05, 0) is 39.7 Å². The van der Waals surface area contributed by atoms with Crippen molar-refractivity contribution in [2.75, 3.05) is 0 Å². The lowest BCUT2D eigenvalue weighted by molar-refractivity contribution is 0.100. The van der Waals surface area contributed by atoms with E-state index in [0.29, 0.717) is 5.56 Å². The average Bonchev–Trinajstić information content (AvgIpc) is 2.35. The fourth-order valence-corrected chi connectivity index (χ4v) is 2.08. The second-order valence-electron chi connectivity index (χ2n) is 3.99. The molecule has 2 N–H and O–H groups in total. The van der Waals surface area contributed by atoms with Gasteiger partial charge in [-0.2, -0.15) is 0 Å². The molecule has 0 heterocycles. The standard InChI is InChI=1S/C15H10NO/c16-15(17)13-7-3-6-12-8-10-4-1-2-5-11(10)9-14(12)13/h1-7,9H,(H2,16,17). The molecule has 0 aliphatic rings. The summed E-state index contributed by atoms with van der Waals surface area (Å²) < 4.78 is 0. The molecule has 0 saturated carbocycles. The van der Waals surface area contributed by atoms with Crippen molar-refractivity contribution in [1.82, 2.24) is 0 Å². The summed E-state index contributed by atoms with van der Waals surface area (Å²) in [6.07, 6.45) is 0. The molecule has 0 aliphatic carbocycles. The van der Waals surface area contributed by atoms with Crippen LogP contribution in [0.3, 0.4) is 0 Å². The minimum absolute atomic E-state index is 0.403. The van der Waals surface area contributed by atoms with Gasteiger partial charge in [0, 0.05) is 5.56 Å². The van der Waals surface area contributed by atoms with Gasteiger partial charge in [0.05, 0.1) is 0 Å². The summed E-state index contributed by atoms with van der Waals surface area (Å²) in [7, 11) is 0. The van der Waals surface area contributed by atoms with Gasteiger partial charge in [-0.25, -0.2) is 0 Å². The largest absolute Gasteiger partial charge is 0.366 e. The summed E-state index contributed by atoms with van der Waals surface area (Å²) in [5, 5.41) is 3.88. The number of carbonyl (C=O) groups excluding carboxylic acids is 1. The minimum Gasteiger partial charge on any atom is -0.366 e. The molecule has 2 heteroatoms. The predicted molar refractivity (Wildman–Crippen MR) is 68.8 cm³/mol. The van der Waals surface area contributed by atoms with Crippen molar-refractivity contribution in [3.63, 3.8) is 0 Å². The van der Waals surface area contributed by atoms with Crippen molar-refractivity contribution in [3.8, 4) is 0 Å². The molecule has 1 radical (unpaired) electrons. The van der Waals surface area contributed by atoms with E-state index in [-0.39, 0.29) is 0 Å². The highest BCUT2D eigenvalue weighted by Gasteiger charge is 2.07. The number of fused-ring (bicyclic) bond motifs is 2. The maximum atomic E-state index is 11.4. The van der Waals surface area contributed by atoms with Crippen LogP contribution in [-0.2, 0) is 0 Å². The highest BCUT2D eigenvalue weighted by atomic mass is 16.1. The van der Waals surface area contributed by atoms with E-state index in [1.165, 1.54) is 0 Å². The Kier molecular flexibility index (Phi) is 2.08. The van der Waals surface area contributed by atoms with E-state index >= 15 is 0 Å². The van der Waals surface area contributed by atoms with E-state index in [2.05, 4.69) is 6.07 Å². The Labute approximate surface area is 98.7 Å². The fraction of sp³-hybridized carbons (Fsp3) is 0. The Morgan fingerprint density at radius 2 is 1.76 bits per heavy atom. The first-order valence-electron chi connectivity index (χ1n) is 5.39. The highest BCUT2D eigenvalue weighted by Crippen LogP contribution is 2.24. The normalized spacial score (nSPS) is 10.8. The number of amides is 1. The predicted octanol–water partition coefficient (Wildman–Crippen LogP) is 2.89. The van der Waals surface area contributed by atoms with Crippen molar-refractivity contribution >= 4 is 27.5 Å². The Morgan fingerprint density at radius 3 is 2.59 bits per heavy atom. The molecule has 0 atom stereocenters. The lowest BCUT2D eigenvalue weighted by Crippen LogP contribution is -2.11. The van der Waals surface area contributed by atoms with Crippen LogP contribution >= 0.6 is 0 Å². The molecular formula is C15H10NO. The Hall–Kier alpha value is -2.35. The number of benzene rings is 3. The van der Waals surface area contributed by atoms with Gasteiger partial charge in [0.25, 0.3) is 0 Å². The van der Waals surface area contributed by atoms with Crippen molar-refractivity contribution in [3.05, 3.63) is 60.2 Å². The van der Waals surface area contributed by atoms with Crippen LogP contribution in [0.1, 0.15) is 10.4 Å². The van der Waals surface area contributed by atoms with Gasteiger partial charge < -0.3 is 5.73 Å². The van der Waals surface area contributed by atoms with Gasteiger partial charge in [-0.3, -0.25) is 4.79 Å². The maximum absolute atomic E-state index is 11.4. The zero-order valence-electron chi connectivity index (χ0n) is 9.10. The minimum atomic E-state index is -0.403. The monoisotopic (exact) mass is 220 g/mol. The molecule has 0 fully saturated rings. The fourth-order valence-electron chi connectivity index (χ4n) is 2.08. The number of rotatable bonds is 1. The molecule has 0 aliphatic heterocycles.